The van der Waals surface area contributed by atoms with E-state index in [1.807, 2.05) is 48.5 Å². The van der Waals surface area contributed by atoms with Gasteiger partial charge in [-0.05, 0) is 41.8 Å². The molecule has 5 nitrogen and oxygen atoms in total. The summed E-state index contributed by atoms with van der Waals surface area (Å²) in [7, 11) is 3.24. The lowest BCUT2D eigenvalue weighted by molar-refractivity contribution is -0.120. The van der Waals surface area contributed by atoms with E-state index in [0.717, 1.165) is 22.6 Å². The number of carbonyl (C=O) groups excluding carboxylic acids is 2. The molecule has 0 radical (unpaired) electrons. The number of ether oxygens (including phenoxy) is 1. The molecule has 2 aromatic rings. The molecule has 5 heteroatoms. The molecule has 24 heavy (non-hydrogen) atoms. The number of rotatable bonds is 7. The van der Waals surface area contributed by atoms with Gasteiger partial charge in [0.15, 0.2) is 0 Å². The Balaban J connectivity index is 1.82. The number of benzene rings is 2. The SMILES string of the molecule is CNC(=O)Cc1ccc(NC(=O)CCc2ccc(OC)cc2)cc1. The van der Waals surface area contributed by atoms with Crippen LogP contribution in [0, 0.1) is 0 Å². The summed E-state index contributed by atoms with van der Waals surface area (Å²) in [4.78, 5) is 23.3. The largest absolute Gasteiger partial charge is 0.497 e. The predicted octanol–water partition coefficient (Wildman–Crippen LogP) is 2.55. The normalized spacial score (nSPS) is 10.1. The molecule has 0 bridgehead atoms. The maximum Gasteiger partial charge on any atom is 0.224 e. The summed E-state index contributed by atoms with van der Waals surface area (Å²) in [6.07, 6.45) is 1.42. The van der Waals surface area contributed by atoms with Crippen LogP contribution in [0.25, 0.3) is 0 Å². The van der Waals surface area contributed by atoms with Crippen LogP contribution in [0.1, 0.15) is 17.5 Å². The monoisotopic (exact) mass is 326 g/mol. The van der Waals surface area contributed by atoms with Crippen molar-refractivity contribution in [2.24, 2.45) is 0 Å². The Labute approximate surface area is 142 Å². The van der Waals surface area contributed by atoms with E-state index in [-0.39, 0.29) is 11.8 Å². The minimum Gasteiger partial charge on any atom is -0.497 e. The highest BCUT2D eigenvalue weighted by Gasteiger charge is 2.05. The van der Waals surface area contributed by atoms with Gasteiger partial charge >= 0.3 is 0 Å². The molecule has 0 aliphatic carbocycles. The number of carbonyl (C=O) groups is 2. The summed E-state index contributed by atoms with van der Waals surface area (Å²) < 4.78 is 5.11. The van der Waals surface area contributed by atoms with Gasteiger partial charge in [0.1, 0.15) is 5.75 Å². The number of aryl methyl sites for hydroxylation is 1. The molecular weight excluding hydrogens is 304 g/mol. The van der Waals surface area contributed by atoms with Crippen LogP contribution in [-0.2, 0) is 22.4 Å². The van der Waals surface area contributed by atoms with Crippen molar-refractivity contribution in [1.82, 2.24) is 5.32 Å². The molecule has 0 aliphatic rings. The number of amides is 2. The van der Waals surface area contributed by atoms with Crippen molar-refractivity contribution < 1.29 is 14.3 Å². The maximum atomic E-state index is 12.0. The van der Waals surface area contributed by atoms with Crippen LogP contribution in [0.2, 0.25) is 0 Å². The number of methoxy groups -OCH3 is 1. The Morgan fingerprint density at radius 3 is 2.12 bits per heavy atom. The molecule has 0 atom stereocenters. The summed E-state index contributed by atoms with van der Waals surface area (Å²) in [5, 5.41) is 5.45. The van der Waals surface area contributed by atoms with E-state index < -0.39 is 0 Å². The third-order valence-electron chi connectivity index (χ3n) is 3.68. The second-order valence-electron chi connectivity index (χ2n) is 5.44. The third kappa shape index (κ3) is 5.43. The van der Waals surface area contributed by atoms with Gasteiger partial charge in [-0.15, -0.1) is 0 Å². The number of likely N-dealkylation sites (N-methyl/N-ethyl adjacent to an activating group) is 1. The first-order valence-corrected chi connectivity index (χ1v) is 7.83. The van der Waals surface area contributed by atoms with Crippen LogP contribution in [-0.4, -0.2) is 26.0 Å². The molecule has 0 fully saturated rings. The number of nitrogens with one attached hydrogen (secondary N) is 2. The second kappa shape index (κ2) is 8.72. The predicted molar refractivity (Wildman–Crippen MR) is 94.2 cm³/mol. The fourth-order valence-electron chi connectivity index (χ4n) is 2.25. The van der Waals surface area contributed by atoms with E-state index >= 15 is 0 Å². The van der Waals surface area contributed by atoms with Crippen molar-refractivity contribution in [3.63, 3.8) is 0 Å². The zero-order valence-corrected chi connectivity index (χ0v) is 14.0. The first kappa shape index (κ1) is 17.5. The van der Waals surface area contributed by atoms with Crippen LogP contribution in [0.3, 0.4) is 0 Å². The summed E-state index contributed by atoms with van der Waals surface area (Å²) in [5.74, 6) is 0.733. The van der Waals surface area contributed by atoms with Crippen molar-refractivity contribution in [2.45, 2.75) is 19.3 Å². The minimum absolute atomic E-state index is 0.0359. The van der Waals surface area contributed by atoms with Gasteiger partial charge in [0.05, 0.1) is 13.5 Å². The Morgan fingerprint density at radius 1 is 0.917 bits per heavy atom. The van der Waals surface area contributed by atoms with Crippen molar-refractivity contribution in [3.05, 3.63) is 59.7 Å². The highest BCUT2D eigenvalue weighted by atomic mass is 16.5. The van der Waals surface area contributed by atoms with Crippen LogP contribution in [0.5, 0.6) is 5.75 Å². The lowest BCUT2D eigenvalue weighted by Gasteiger charge is -2.07. The molecule has 0 unspecified atom stereocenters. The molecule has 2 rings (SSSR count). The molecule has 0 aliphatic heterocycles. The quantitative estimate of drug-likeness (QED) is 0.822. The molecule has 0 aromatic heterocycles. The average Bonchev–Trinajstić information content (AvgIpc) is 2.62. The smallest absolute Gasteiger partial charge is 0.224 e. The van der Waals surface area contributed by atoms with Gasteiger partial charge in [-0.2, -0.15) is 0 Å². The van der Waals surface area contributed by atoms with Crippen LogP contribution < -0.4 is 15.4 Å². The maximum absolute atomic E-state index is 12.0. The topological polar surface area (TPSA) is 67.4 Å². The van der Waals surface area contributed by atoms with E-state index in [9.17, 15) is 9.59 Å². The zero-order valence-electron chi connectivity index (χ0n) is 14.0. The van der Waals surface area contributed by atoms with Crippen molar-refractivity contribution in [1.29, 1.82) is 0 Å². The van der Waals surface area contributed by atoms with Gasteiger partial charge in [0.25, 0.3) is 0 Å². The first-order chi connectivity index (χ1) is 11.6. The van der Waals surface area contributed by atoms with Gasteiger partial charge in [-0.1, -0.05) is 24.3 Å². The van der Waals surface area contributed by atoms with Gasteiger partial charge in [-0.3, -0.25) is 9.59 Å². The molecule has 0 saturated heterocycles. The molecule has 126 valence electrons. The zero-order chi connectivity index (χ0) is 17.4. The van der Waals surface area contributed by atoms with E-state index in [1.165, 1.54) is 0 Å². The van der Waals surface area contributed by atoms with E-state index in [1.54, 1.807) is 14.2 Å². The Morgan fingerprint density at radius 2 is 1.54 bits per heavy atom. The van der Waals surface area contributed by atoms with Crippen LogP contribution in [0.15, 0.2) is 48.5 Å². The second-order valence-corrected chi connectivity index (χ2v) is 5.44. The van der Waals surface area contributed by atoms with E-state index in [4.69, 9.17) is 4.74 Å². The summed E-state index contributed by atoms with van der Waals surface area (Å²) in [6, 6.07) is 15.0. The summed E-state index contributed by atoms with van der Waals surface area (Å²) in [6.45, 7) is 0. The number of anilines is 1. The summed E-state index contributed by atoms with van der Waals surface area (Å²) >= 11 is 0. The van der Waals surface area contributed by atoms with Gasteiger partial charge in [-0.25, -0.2) is 0 Å². The highest BCUT2D eigenvalue weighted by molar-refractivity contribution is 5.90. The number of hydrogen-bond acceptors (Lipinski definition) is 3. The minimum atomic E-state index is -0.0372. The van der Waals surface area contributed by atoms with E-state index in [0.29, 0.717) is 19.3 Å². The van der Waals surface area contributed by atoms with Crippen molar-refractivity contribution >= 4 is 17.5 Å². The van der Waals surface area contributed by atoms with Crippen molar-refractivity contribution in [2.75, 3.05) is 19.5 Å². The average molecular weight is 326 g/mol. The molecule has 0 saturated carbocycles. The standard InChI is InChI=1S/C19H22N2O3/c1-20-19(23)13-15-3-8-16(9-4-15)21-18(22)12-7-14-5-10-17(24-2)11-6-14/h3-6,8-11H,7,12-13H2,1-2H3,(H,20,23)(H,21,22). The summed E-state index contributed by atoms with van der Waals surface area (Å²) in [5.41, 5.74) is 2.73. The number of hydrogen-bond donors (Lipinski definition) is 2. The Hall–Kier alpha value is -2.82. The van der Waals surface area contributed by atoms with Crippen molar-refractivity contribution in [3.8, 4) is 5.75 Å². The third-order valence-corrected chi connectivity index (χ3v) is 3.68. The fraction of sp³-hybridized carbons (Fsp3) is 0.263. The molecular formula is C19H22N2O3. The van der Waals surface area contributed by atoms with Gasteiger partial charge in [0, 0.05) is 19.2 Å². The van der Waals surface area contributed by atoms with Crippen LogP contribution >= 0.6 is 0 Å². The Kier molecular flexibility index (Phi) is 6.37. The molecule has 0 spiro atoms. The Bertz CT molecular complexity index is 679. The molecule has 2 amide bonds. The lowest BCUT2D eigenvalue weighted by atomic mass is 10.1. The molecule has 0 heterocycles. The lowest BCUT2D eigenvalue weighted by Crippen LogP contribution is -2.19. The fourth-order valence-corrected chi connectivity index (χ4v) is 2.25. The van der Waals surface area contributed by atoms with E-state index in [2.05, 4.69) is 10.6 Å². The van der Waals surface area contributed by atoms with Gasteiger partial charge in [0.2, 0.25) is 11.8 Å². The molecule has 2 N–H and O–H groups in total. The first-order valence-electron chi connectivity index (χ1n) is 7.83. The highest BCUT2D eigenvalue weighted by Crippen LogP contribution is 2.14. The van der Waals surface area contributed by atoms with Crippen LogP contribution in [0.4, 0.5) is 5.69 Å². The molecule has 2 aromatic carbocycles. The van der Waals surface area contributed by atoms with Gasteiger partial charge < -0.3 is 15.4 Å².